The maximum Gasteiger partial charge on any atom is 0.414 e. The van der Waals surface area contributed by atoms with Gasteiger partial charge in [-0.25, -0.2) is 12.8 Å². The van der Waals surface area contributed by atoms with Crippen molar-refractivity contribution in [2.75, 3.05) is 18.1 Å². The molecule has 9 nitrogen and oxygen atoms in total. The van der Waals surface area contributed by atoms with E-state index in [4.69, 9.17) is 9.47 Å². The lowest BCUT2D eigenvalue weighted by atomic mass is 10.0. The molecule has 2 aliphatic heterocycles. The summed E-state index contributed by atoms with van der Waals surface area (Å²) < 4.78 is 88.7. The number of halogens is 4. The van der Waals surface area contributed by atoms with Crippen LogP contribution >= 0.6 is 0 Å². The number of benzene rings is 1. The monoisotopic (exact) mass is 570 g/mol. The molecule has 39 heavy (non-hydrogen) atoms. The van der Waals surface area contributed by atoms with Gasteiger partial charge in [-0.15, -0.1) is 0 Å². The first-order valence-corrected chi connectivity index (χ1v) is 14.1. The fourth-order valence-corrected chi connectivity index (χ4v) is 7.10. The molecule has 2 saturated heterocycles. The molecule has 0 saturated carbocycles. The van der Waals surface area contributed by atoms with Gasteiger partial charge in [0.2, 0.25) is 6.36 Å². The van der Waals surface area contributed by atoms with E-state index >= 15 is 0 Å². The van der Waals surface area contributed by atoms with Crippen molar-refractivity contribution in [2.24, 2.45) is 0 Å². The smallest absolute Gasteiger partial charge is 0.414 e. The Balaban J connectivity index is 1.56. The standard InChI is InChI=1S/C25H26F4N4O5S/c1-14(26)38-18-5-3-4-15(8-18)21-22-19(33(32-21)17-6-7-37-20(10-17)25(27,28)29)9-16(11-30-22)23(34)31-24(2)12-39(35,36)13-24/h3-5,8-9,11,14,17,20H,6-7,10,12-13H2,1-2H3,(H,31,34)/t14?,17?,20-/m0/s1. The van der Waals surface area contributed by atoms with Crippen LogP contribution in [0.25, 0.3) is 22.3 Å². The van der Waals surface area contributed by atoms with E-state index in [1.807, 2.05) is 0 Å². The maximum atomic E-state index is 13.5. The van der Waals surface area contributed by atoms with Gasteiger partial charge in [-0.1, -0.05) is 12.1 Å². The molecule has 0 spiro atoms. The number of pyridine rings is 1. The van der Waals surface area contributed by atoms with Gasteiger partial charge >= 0.3 is 6.18 Å². The highest BCUT2D eigenvalue weighted by Gasteiger charge is 2.46. The molecule has 1 aromatic carbocycles. The number of rotatable bonds is 6. The van der Waals surface area contributed by atoms with E-state index in [2.05, 4.69) is 15.4 Å². The molecule has 2 unspecified atom stereocenters. The number of nitrogens with zero attached hydrogens (tertiary/aromatic N) is 3. The number of carbonyl (C=O) groups is 1. The summed E-state index contributed by atoms with van der Waals surface area (Å²) in [6.45, 7) is 2.71. The van der Waals surface area contributed by atoms with E-state index in [9.17, 15) is 30.8 Å². The first kappa shape index (κ1) is 27.3. The van der Waals surface area contributed by atoms with Crippen LogP contribution in [0.3, 0.4) is 0 Å². The zero-order valence-electron chi connectivity index (χ0n) is 21.0. The van der Waals surface area contributed by atoms with Crippen LogP contribution in [-0.2, 0) is 14.6 Å². The molecule has 3 aromatic rings. The number of fused-ring (bicyclic) bond motifs is 1. The topological polar surface area (TPSA) is 112 Å². The third kappa shape index (κ3) is 5.71. The van der Waals surface area contributed by atoms with Crippen molar-refractivity contribution in [1.29, 1.82) is 0 Å². The molecule has 14 heteroatoms. The molecule has 4 heterocycles. The van der Waals surface area contributed by atoms with Crippen LogP contribution in [-0.4, -0.2) is 71.4 Å². The second kappa shape index (κ2) is 9.73. The number of alkyl halides is 4. The molecule has 1 amide bonds. The van der Waals surface area contributed by atoms with E-state index < -0.39 is 46.0 Å². The zero-order valence-corrected chi connectivity index (χ0v) is 21.9. The van der Waals surface area contributed by atoms with Crippen molar-refractivity contribution in [3.63, 3.8) is 0 Å². The molecule has 2 aliphatic rings. The zero-order chi connectivity index (χ0) is 28.2. The Morgan fingerprint density at radius 2 is 2.03 bits per heavy atom. The Kier molecular flexibility index (Phi) is 6.82. The van der Waals surface area contributed by atoms with Crippen LogP contribution in [0.2, 0.25) is 0 Å². The molecule has 2 fully saturated rings. The number of carbonyl (C=O) groups excluding carboxylic acids is 1. The minimum Gasteiger partial charge on any atom is -0.461 e. The molecular formula is C25H26F4N4O5S. The van der Waals surface area contributed by atoms with Crippen molar-refractivity contribution in [2.45, 2.75) is 56.9 Å². The Bertz CT molecular complexity index is 1510. The summed E-state index contributed by atoms with van der Waals surface area (Å²) in [6, 6.07) is 7.19. The first-order valence-electron chi connectivity index (χ1n) is 12.2. The van der Waals surface area contributed by atoms with Crippen molar-refractivity contribution in [1.82, 2.24) is 20.1 Å². The van der Waals surface area contributed by atoms with Gasteiger partial charge in [-0.05, 0) is 31.5 Å². The average Bonchev–Trinajstić information content (AvgIpc) is 3.21. The third-order valence-electron chi connectivity index (χ3n) is 6.67. The molecule has 5 rings (SSSR count). The minimum atomic E-state index is -4.55. The van der Waals surface area contributed by atoms with Gasteiger partial charge in [0.15, 0.2) is 15.9 Å². The Morgan fingerprint density at radius 3 is 2.69 bits per heavy atom. The molecular weight excluding hydrogens is 544 g/mol. The molecule has 210 valence electrons. The number of amides is 1. The summed E-state index contributed by atoms with van der Waals surface area (Å²) in [6.07, 6.45) is -6.92. The SMILES string of the molecule is CC(F)Oc1cccc(-c2nn(C3CCO[C@H](C(F)(F)F)C3)c3cc(C(=O)NC4(C)CS(=O)(=O)C4)cnc23)c1. The van der Waals surface area contributed by atoms with Crippen molar-refractivity contribution in [3.05, 3.63) is 42.1 Å². The highest BCUT2D eigenvalue weighted by atomic mass is 32.2. The summed E-state index contributed by atoms with van der Waals surface area (Å²) in [5.74, 6) is -0.725. The average molecular weight is 571 g/mol. The predicted molar refractivity (Wildman–Crippen MR) is 133 cm³/mol. The number of aromatic nitrogens is 3. The largest absolute Gasteiger partial charge is 0.461 e. The van der Waals surface area contributed by atoms with Crippen molar-refractivity contribution >= 4 is 26.8 Å². The third-order valence-corrected chi connectivity index (χ3v) is 8.83. The van der Waals surface area contributed by atoms with Gasteiger partial charge in [0.05, 0.1) is 34.2 Å². The number of hydrogen-bond donors (Lipinski definition) is 1. The van der Waals surface area contributed by atoms with Crippen molar-refractivity contribution in [3.8, 4) is 17.0 Å². The number of nitrogens with one attached hydrogen (secondary N) is 1. The maximum absolute atomic E-state index is 13.5. The lowest BCUT2D eigenvalue weighted by Crippen LogP contribution is -2.63. The first-order chi connectivity index (χ1) is 18.2. The number of ether oxygens (including phenoxy) is 2. The van der Waals surface area contributed by atoms with Crippen LogP contribution in [0.4, 0.5) is 17.6 Å². The molecule has 1 N–H and O–H groups in total. The molecule has 0 bridgehead atoms. The molecule has 2 aromatic heterocycles. The predicted octanol–water partition coefficient (Wildman–Crippen LogP) is 3.99. The summed E-state index contributed by atoms with van der Waals surface area (Å²) >= 11 is 0. The van der Waals surface area contributed by atoms with Gasteiger partial charge in [0, 0.05) is 31.7 Å². The highest BCUT2D eigenvalue weighted by molar-refractivity contribution is 7.93. The molecule has 0 radical (unpaired) electrons. The van der Waals surface area contributed by atoms with E-state index in [0.717, 1.165) is 0 Å². The Labute approximate surface area is 221 Å². The van der Waals surface area contributed by atoms with Crippen molar-refractivity contribution < 1.29 is 40.2 Å². The lowest BCUT2D eigenvalue weighted by molar-refractivity contribution is -0.234. The van der Waals surface area contributed by atoms with Gasteiger partial charge in [0.25, 0.3) is 5.91 Å². The van der Waals surface area contributed by atoms with E-state index in [1.54, 1.807) is 31.2 Å². The number of sulfone groups is 1. The van der Waals surface area contributed by atoms with Gasteiger partial charge in [0.1, 0.15) is 17.0 Å². The van der Waals surface area contributed by atoms with Crippen LogP contribution in [0.1, 0.15) is 43.1 Å². The highest BCUT2D eigenvalue weighted by Crippen LogP contribution is 2.38. The second-order valence-corrected chi connectivity index (χ2v) is 12.3. The fraction of sp³-hybridized carbons (Fsp3) is 0.480. The Hall–Kier alpha value is -3.26. The minimum absolute atomic E-state index is 0.100. The summed E-state index contributed by atoms with van der Waals surface area (Å²) in [7, 11) is -3.21. The van der Waals surface area contributed by atoms with Gasteiger partial charge in [-0.2, -0.15) is 18.3 Å². The van der Waals surface area contributed by atoms with Crippen LogP contribution in [0.15, 0.2) is 36.5 Å². The molecule has 3 atom stereocenters. The van der Waals surface area contributed by atoms with Gasteiger partial charge < -0.3 is 14.8 Å². The Morgan fingerprint density at radius 1 is 1.28 bits per heavy atom. The normalized spacial score (nSPS) is 23.1. The van der Waals surface area contributed by atoms with Gasteiger partial charge in [-0.3, -0.25) is 14.5 Å². The quantitative estimate of drug-likeness (QED) is 0.446. The van der Waals surface area contributed by atoms with Crippen LogP contribution < -0.4 is 10.1 Å². The fourth-order valence-electron chi connectivity index (χ4n) is 5.10. The molecule has 0 aliphatic carbocycles. The summed E-state index contributed by atoms with van der Waals surface area (Å²) in [5.41, 5.74) is 0.634. The van der Waals surface area contributed by atoms with Crippen LogP contribution in [0, 0.1) is 0 Å². The lowest BCUT2D eigenvalue weighted by Gasteiger charge is -2.38. The van der Waals surface area contributed by atoms with E-state index in [1.165, 1.54) is 23.9 Å². The second-order valence-electron chi connectivity index (χ2n) is 10.2. The van der Waals surface area contributed by atoms with E-state index in [-0.39, 0.29) is 42.3 Å². The summed E-state index contributed by atoms with van der Waals surface area (Å²) in [4.78, 5) is 17.4. The number of hydrogen-bond acceptors (Lipinski definition) is 7. The summed E-state index contributed by atoms with van der Waals surface area (Å²) in [5, 5.41) is 7.32. The van der Waals surface area contributed by atoms with Crippen LogP contribution in [0.5, 0.6) is 5.75 Å². The van der Waals surface area contributed by atoms with E-state index in [0.29, 0.717) is 22.3 Å².